The summed E-state index contributed by atoms with van der Waals surface area (Å²) in [6, 6.07) is 14.5. The molecule has 0 atom stereocenters. The molecule has 0 unspecified atom stereocenters. The van der Waals surface area contributed by atoms with E-state index < -0.39 is 5.97 Å². The smallest absolute Gasteiger partial charge is 0.336 e. The summed E-state index contributed by atoms with van der Waals surface area (Å²) >= 11 is 1.39. The minimum Gasteiger partial charge on any atom is -0.478 e. The van der Waals surface area contributed by atoms with Crippen LogP contribution in [-0.4, -0.2) is 17.0 Å². The van der Waals surface area contributed by atoms with Gasteiger partial charge in [-0.25, -0.2) is 4.79 Å². The van der Waals surface area contributed by atoms with Gasteiger partial charge in [-0.1, -0.05) is 42.1 Å². The molecule has 2 rings (SSSR count). The van der Waals surface area contributed by atoms with E-state index in [2.05, 4.69) is 5.32 Å². The second-order valence-electron chi connectivity index (χ2n) is 4.42. The molecule has 0 heterocycles. The fourth-order valence-electron chi connectivity index (χ4n) is 1.82. The van der Waals surface area contributed by atoms with E-state index in [1.165, 1.54) is 18.7 Å². The molecule has 5 heteroatoms. The Kier molecular flexibility index (Phi) is 5.00. The number of rotatable bonds is 5. The Morgan fingerprint density at radius 1 is 1.05 bits per heavy atom. The van der Waals surface area contributed by atoms with Gasteiger partial charge in [-0.15, -0.1) is 0 Å². The standard InChI is InChI=1S/C16H15NO3S/c1-11(18)17-10-12-6-2-4-8-14(12)21-15-9-5-3-7-13(15)16(19)20/h2-9H,10H2,1H3,(H,17,18)(H,19,20). The summed E-state index contributed by atoms with van der Waals surface area (Å²) in [7, 11) is 0. The Bertz CT molecular complexity index is 670. The van der Waals surface area contributed by atoms with Gasteiger partial charge in [-0.3, -0.25) is 4.79 Å². The van der Waals surface area contributed by atoms with E-state index in [9.17, 15) is 14.7 Å². The molecule has 0 spiro atoms. The van der Waals surface area contributed by atoms with Crippen molar-refractivity contribution in [2.24, 2.45) is 0 Å². The monoisotopic (exact) mass is 301 g/mol. The molecule has 0 aliphatic carbocycles. The second-order valence-corrected chi connectivity index (χ2v) is 5.50. The lowest BCUT2D eigenvalue weighted by Crippen LogP contribution is -2.19. The second kappa shape index (κ2) is 6.95. The van der Waals surface area contributed by atoms with Crippen molar-refractivity contribution in [2.75, 3.05) is 0 Å². The highest BCUT2D eigenvalue weighted by Gasteiger charge is 2.12. The molecule has 0 saturated carbocycles. The summed E-state index contributed by atoms with van der Waals surface area (Å²) in [6.45, 7) is 1.89. The number of carboxylic acid groups (broad SMARTS) is 1. The molecule has 21 heavy (non-hydrogen) atoms. The van der Waals surface area contributed by atoms with Crippen LogP contribution in [0, 0.1) is 0 Å². The Morgan fingerprint density at radius 2 is 1.67 bits per heavy atom. The third-order valence-electron chi connectivity index (χ3n) is 2.84. The maximum absolute atomic E-state index is 11.2. The van der Waals surface area contributed by atoms with Crippen molar-refractivity contribution in [1.29, 1.82) is 0 Å². The van der Waals surface area contributed by atoms with Crippen LogP contribution in [0.25, 0.3) is 0 Å². The SMILES string of the molecule is CC(=O)NCc1ccccc1Sc1ccccc1C(=O)O. The van der Waals surface area contributed by atoms with E-state index in [-0.39, 0.29) is 11.5 Å². The van der Waals surface area contributed by atoms with Gasteiger partial charge in [-0.2, -0.15) is 0 Å². The topological polar surface area (TPSA) is 66.4 Å². The number of carbonyl (C=O) groups is 2. The molecule has 2 N–H and O–H groups in total. The lowest BCUT2D eigenvalue weighted by Gasteiger charge is -2.11. The predicted molar refractivity (Wildman–Crippen MR) is 81.5 cm³/mol. The number of aromatic carboxylic acids is 1. The molecule has 0 aliphatic heterocycles. The van der Waals surface area contributed by atoms with Gasteiger partial charge in [0, 0.05) is 23.3 Å². The first kappa shape index (κ1) is 15.1. The van der Waals surface area contributed by atoms with Crippen LogP contribution in [0.15, 0.2) is 58.3 Å². The minimum atomic E-state index is -0.947. The van der Waals surface area contributed by atoms with Crippen LogP contribution < -0.4 is 5.32 Å². The van der Waals surface area contributed by atoms with Crippen molar-refractivity contribution in [2.45, 2.75) is 23.3 Å². The molecular formula is C16H15NO3S. The van der Waals surface area contributed by atoms with Gasteiger partial charge in [0.15, 0.2) is 0 Å². The molecule has 2 aromatic rings. The molecule has 2 aromatic carbocycles. The molecule has 0 bridgehead atoms. The van der Waals surface area contributed by atoms with E-state index in [0.717, 1.165) is 10.5 Å². The molecule has 0 aliphatic rings. The Labute approximate surface area is 127 Å². The largest absolute Gasteiger partial charge is 0.478 e. The number of benzene rings is 2. The molecule has 0 radical (unpaired) electrons. The number of nitrogens with one attached hydrogen (secondary N) is 1. The molecule has 0 aromatic heterocycles. The number of amides is 1. The molecular weight excluding hydrogens is 286 g/mol. The highest BCUT2D eigenvalue weighted by Crippen LogP contribution is 2.32. The zero-order valence-electron chi connectivity index (χ0n) is 11.5. The maximum Gasteiger partial charge on any atom is 0.336 e. The third-order valence-corrected chi connectivity index (χ3v) is 4.03. The number of carbonyl (C=O) groups excluding carboxylic acids is 1. The Hall–Kier alpha value is -2.27. The van der Waals surface area contributed by atoms with Crippen LogP contribution in [0.2, 0.25) is 0 Å². The number of hydrogen-bond donors (Lipinski definition) is 2. The predicted octanol–water partition coefficient (Wildman–Crippen LogP) is 3.17. The Balaban J connectivity index is 2.28. The molecule has 0 saturated heterocycles. The van der Waals surface area contributed by atoms with Crippen molar-refractivity contribution in [3.63, 3.8) is 0 Å². The summed E-state index contributed by atoms with van der Waals surface area (Å²) in [6.07, 6.45) is 0. The molecule has 4 nitrogen and oxygen atoms in total. The van der Waals surface area contributed by atoms with Gasteiger partial charge in [0.1, 0.15) is 0 Å². The van der Waals surface area contributed by atoms with Crippen LogP contribution in [0.3, 0.4) is 0 Å². The summed E-state index contributed by atoms with van der Waals surface area (Å²) in [4.78, 5) is 23.9. The van der Waals surface area contributed by atoms with Crippen LogP contribution in [0.4, 0.5) is 0 Å². The first-order valence-corrected chi connectivity index (χ1v) is 7.22. The third kappa shape index (κ3) is 4.10. The lowest BCUT2D eigenvalue weighted by molar-refractivity contribution is -0.119. The first-order valence-electron chi connectivity index (χ1n) is 6.40. The average molecular weight is 301 g/mol. The normalized spacial score (nSPS) is 10.1. The van der Waals surface area contributed by atoms with Crippen molar-refractivity contribution in [3.8, 4) is 0 Å². The minimum absolute atomic E-state index is 0.0965. The highest BCUT2D eigenvalue weighted by atomic mass is 32.2. The van der Waals surface area contributed by atoms with Gasteiger partial charge < -0.3 is 10.4 Å². The fourth-order valence-corrected chi connectivity index (χ4v) is 2.89. The highest BCUT2D eigenvalue weighted by molar-refractivity contribution is 7.99. The van der Waals surface area contributed by atoms with Crippen LogP contribution in [0.1, 0.15) is 22.8 Å². The van der Waals surface area contributed by atoms with Crippen molar-refractivity contribution in [3.05, 3.63) is 59.7 Å². The molecule has 108 valence electrons. The summed E-state index contributed by atoms with van der Waals surface area (Å²) in [5.41, 5.74) is 1.23. The quantitative estimate of drug-likeness (QED) is 0.890. The molecule has 0 fully saturated rings. The van der Waals surface area contributed by atoms with E-state index in [1.807, 2.05) is 30.3 Å². The van der Waals surface area contributed by atoms with Gasteiger partial charge in [0.2, 0.25) is 5.91 Å². The van der Waals surface area contributed by atoms with E-state index in [4.69, 9.17) is 0 Å². The zero-order chi connectivity index (χ0) is 15.2. The fraction of sp³-hybridized carbons (Fsp3) is 0.125. The maximum atomic E-state index is 11.2. The zero-order valence-corrected chi connectivity index (χ0v) is 12.3. The van der Waals surface area contributed by atoms with Crippen molar-refractivity contribution >= 4 is 23.6 Å². The van der Waals surface area contributed by atoms with Crippen LogP contribution in [-0.2, 0) is 11.3 Å². The van der Waals surface area contributed by atoms with Crippen LogP contribution in [0.5, 0.6) is 0 Å². The van der Waals surface area contributed by atoms with Gasteiger partial charge in [0.05, 0.1) is 5.56 Å². The van der Waals surface area contributed by atoms with E-state index in [0.29, 0.717) is 11.4 Å². The van der Waals surface area contributed by atoms with Gasteiger partial charge in [0.25, 0.3) is 0 Å². The van der Waals surface area contributed by atoms with E-state index >= 15 is 0 Å². The van der Waals surface area contributed by atoms with Crippen molar-refractivity contribution < 1.29 is 14.7 Å². The van der Waals surface area contributed by atoms with E-state index in [1.54, 1.807) is 18.2 Å². The summed E-state index contributed by atoms with van der Waals surface area (Å²) in [5, 5.41) is 12.0. The van der Waals surface area contributed by atoms with Crippen molar-refractivity contribution in [1.82, 2.24) is 5.32 Å². The van der Waals surface area contributed by atoms with Gasteiger partial charge in [-0.05, 0) is 23.8 Å². The van der Waals surface area contributed by atoms with Crippen LogP contribution >= 0.6 is 11.8 Å². The Morgan fingerprint density at radius 3 is 2.33 bits per heavy atom. The average Bonchev–Trinajstić information content (AvgIpc) is 2.46. The van der Waals surface area contributed by atoms with Gasteiger partial charge >= 0.3 is 5.97 Å². The molecule has 1 amide bonds. The summed E-state index contributed by atoms with van der Waals surface area (Å²) < 4.78 is 0. The lowest BCUT2D eigenvalue weighted by atomic mass is 10.2. The number of carboxylic acids is 1. The first-order chi connectivity index (χ1) is 10.1. The number of hydrogen-bond acceptors (Lipinski definition) is 3. The summed E-state index contributed by atoms with van der Waals surface area (Å²) in [5.74, 6) is -1.04.